The summed E-state index contributed by atoms with van der Waals surface area (Å²) in [6, 6.07) is -0.570. The predicted octanol–water partition coefficient (Wildman–Crippen LogP) is -0.223. The van der Waals surface area contributed by atoms with Crippen LogP contribution in [0.15, 0.2) is 12.7 Å². The molecular weight excluding hydrogens is 168 g/mol. The third-order valence-electron chi connectivity index (χ3n) is 1.45. The zero-order valence-corrected chi connectivity index (χ0v) is 8.21. The molecule has 4 N–H and O–H groups in total. The molecule has 1 amide bonds. The topological polar surface area (TPSA) is 75.4 Å². The standard InChI is InChI=1S/C9H18N2O2/c1-4-5-7(10)8(12)11-6-9(2,3)13/h4,7,13H,1,5-6,10H2,2-3H3,(H,11,12). The minimum atomic E-state index is -0.899. The molecule has 1 unspecified atom stereocenters. The number of amides is 1. The highest BCUT2D eigenvalue weighted by atomic mass is 16.3. The van der Waals surface area contributed by atoms with E-state index in [-0.39, 0.29) is 12.5 Å². The van der Waals surface area contributed by atoms with Crippen molar-refractivity contribution in [2.45, 2.75) is 31.9 Å². The van der Waals surface area contributed by atoms with E-state index in [2.05, 4.69) is 11.9 Å². The van der Waals surface area contributed by atoms with E-state index in [1.807, 2.05) is 0 Å². The van der Waals surface area contributed by atoms with Crippen LogP contribution < -0.4 is 11.1 Å². The summed E-state index contributed by atoms with van der Waals surface area (Å²) in [6.45, 7) is 6.92. The van der Waals surface area contributed by atoms with E-state index in [4.69, 9.17) is 5.73 Å². The van der Waals surface area contributed by atoms with Crippen LogP contribution in [0.4, 0.5) is 0 Å². The van der Waals surface area contributed by atoms with E-state index < -0.39 is 11.6 Å². The number of aliphatic hydroxyl groups is 1. The molecule has 0 aromatic heterocycles. The lowest BCUT2D eigenvalue weighted by Gasteiger charge is -2.19. The Morgan fingerprint density at radius 2 is 2.31 bits per heavy atom. The molecule has 0 aromatic carbocycles. The van der Waals surface area contributed by atoms with Gasteiger partial charge in [0.15, 0.2) is 0 Å². The fourth-order valence-electron chi connectivity index (χ4n) is 0.721. The Bertz CT molecular complexity index is 185. The minimum absolute atomic E-state index is 0.205. The summed E-state index contributed by atoms with van der Waals surface area (Å²) in [5.41, 5.74) is 4.59. The molecule has 0 aliphatic carbocycles. The van der Waals surface area contributed by atoms with Crippen molar-refractivity contribution in [3.8, 4) is 0 Å². The first-order valence-electron chi connectivity index (χ1n) is 4.23. The van der Waals surface area contributed by atoms with Crippen LogP contribution in [0.2, 0.25) is 0 Å². The normalized spacial score (nSPS) is 13.5. The van der Waals surface area contributed by atoms with Crippen molar-refractivity contribution < 1.29 is 9.90 Å². The van der Waals surface area contributed by atoms with Gasteiger partial charge in [0.1, 0.15) is 0 Å². The zero-order chi connectivity index (χ0) is 10.5. The van der Waals surface area contributed by atoms with Gasteiger partial charge in [-0.3, -0.25) is 4.79 Å². The number of nitrogens with one attached hydrogen (secondary N) is 1. The molecule has 0 aromatic rings. The van der Waals surface area contributed by atoms with Gasteiger partial charge in [-0.25, -0.2) is 0 Å². The molecule has 4 nitrogen and oxygen atoms in total. The summed E-state index contributed by atoms with van der Waals surface area (Å²) in [5.74, 6) is -0.262. The zero-order valence-electron chi connectivity index (χ0n) is 8.21. The Hall–Kier alpha value is -0.870. The maximum absolute atomic E-state index is 11.2. The molecule has 0 saturated carbocycles. The molecule has 4 heteroatoms. The van der Waals surface area contributed by atoms with Crippen LogP contribution in [0.25, 0.3) is 0 Å². The molecule has 0 heterocycles. The number of hydrogen-bond donors (Lipinski definition) is 3. The van der Waals surface area contributed by atoms with Crippen molar-refractivity contribution in [3.63, 3.8) is 0 Å². The van der Waals surface area contributed by atoms with Gasteiger partial charge in [0.2, 0.25) is 5.91 Å². The van der Waals surface area contributed by atoms with Gasteiger partial charge in [0, 0.05) is 6.54 Å². The lowest BCUT2D eigenvalue weighted by molar-refractivity contribution is -0.123. The van der Waals surface area contributed by atoms with Crippen LogP contribution >= 0.6 is 0 Å². The second kappa shape index (κ2) is 4.99. The second-order valence-corrected chi connectivity index (χ2v) is 3.66. The lowest BCUT2D eigenvalue weighted by atomic mass is 10.1. The van der Waals surface area contributed by atoms with Crippen LogP contribution in [-0.4, -0.2) is 29.2 Å². The molecule has 0 aliphatic heterocycles. The average molecular weight is 186 g/mol. The van der Waals surface area contributed by atoms with Crippen LogP contribution in [-0.2, 0) is 4.79 Å². The Kier molecular flexibility index (Phi) is 4.66. The molecule has 1 atom stereocenters. The molecule has 0 saturated heterocycles. The minimum Gasteiger partial charge on any atom is -0.389 e. The van der Waals surface area contributed by atoms with Gasteiger partial charge in [-0.15, -0.1) is 6.58 Å². The van der Waals surface area contributed by atoms with E-state index in [9.17, 15) is 9.90 Å². The van der Waals surface area contributed by atoms with Crippen molar-refractivity contribution >= 4 is 5.91 Å². The van der Waals surface area contributed by atoms with E-state index in [1.54, 1.807) is 19.9 Å². The van der Waals surface area contributed by atoms with Gasteiger partial charge in [-0.2, -0.15) is 0 Å². The van der Waals surface area contributed by atoms with Gasteiger partial charge >= 0.3 is 0 Å². The van der Waals surface area contributed by atoms with Crippen LogP contribution in [0.3, 0.4) is 0 Å². The fraction of sp³-hybridized carbons (Fsp3) is 0.667. The number of carbonyl (C=O) groups excluding carboxylic acids is 1. The van der Waals surface area contributed by atoms with Crippen molar-refractivity contribution in [3.05, 3.63) is 12.7 Å². The van der Waals surface area contributed by atoms with Crippen molar-refractivity contribution in [2.75, 3.05) is 6.54 Å². The molecular formula is C9H18N2O2. The fourth-order valence-corrected chi connectivity index (χ4v) is 0.721. The quantitative estimate of drug-likeness (QED) is 0.519. The lowest BCUT2D eigenvalue weighted by Crippen LogP contribution is -2.45. The first kappa shape index (κ1) is 12.1. The number of nitrogens with two attached hydrogens (primary N) is 1. The summed E-state index contributed by atoms with van der Waals surface area (Å²) < 4.78 is 0. The van der Waals surface area contributed by atoms with Crippen LogP contribution in [0, 0.1) is 0 Å². The Labute approximate surface area is 78.8 Å². The summed E-state index contributed by atoms with van der Waals surface area (Å²) in [7, 11) is 0. The van der Waals surface area contributed by atoms with E-state index >= 15 is 0 Å². The van der Waals surface area contributed by atoms with Gasteiger partial charge < -0.3 is 16.2 Å². The summed E-state index contributed by atoms with van der Waals surface area (Å²) >= 11 is 0. The molecule has 0 bridgehead atoms. The van der Waals surface area contributed by atoms with Crippen LogP contribution in [0.5, 0.6) is 0 Å². The summed E-state index contributed by atoms with van der Waals surface area (Å²) in [5, 5.41) is 11.8. The number of rotatable bonds is 5. The predicted molar refractivity (Wildman–Crippen MR) is 52.1 cm³/mol. The highest BCUT2D eigenvalue weighted by Gasteiger charge is 2.16. The Morgan fingerprint density at radius 1 is 1.77 bits per heavy atom. The highest BCUT2D eigenvalue weighted by Crippen LogP contribution is 1.98. The monoisotopic (exact) mass is 186 g/mol. The third-order valence-corrected chi connectivity index (χ3v) is 1.45. The SMILES string of the molecule is C=CCC(N)C(=O)NCC(C)(C)O. The molecule has 0 spiro atoms. The Morgan fingerprint density at radius 3 is 2.69 bits per heavy atom. The number of hydrogen-bond acceptors (Lipinski definition) is 3. The van der Waals surface area contributed by atoms with Gasteiger partial charge in [-0.05, 0) is 20.3 Å². The van der Waals surface area contributed by atoms with Gasteiger partial charge in [-0.1, -0.05) is 6.08 Å². The largest absolute Gasteiger partial charge is 0.389 e. The molecule has 0 radical (unpaired) electrons. The smallest absolute Gasteiger partial charge is 0.237 e. The first-order chi connectivity index (χ1) is 5.87. The number of carbonyl (C=O) groups is 1. The van der Waals surface area contributed by atoms with E-state index in [0.29, 0.717) is 6.42 Å². The summed E-state index contributed by atoms with van der Waals surface area (Å²) in [6.07, 6.45) is 2.03. The van der Waals surface area contributed by atoms with Gasteiger partial charge in [0.05, 0.1) is 11.6 Å². The average Bonchev–Trinajstić information content (AvgIpc) is 1.99. The highest BCUT2D eigenvalue weighted by molar-refractivity contribution is 5.81. The molecule has 0 rings (SSSR count). The maximum atomic E-state index is 11.2. The maximum Gasteiger partial charge on any atom is 0.237 e. The van der Waals surface area contributed by atoms with Crippen LogP contribution in [0.1, 0.15) is 20.3 Å². The van der Waals surface area contributed by atoms with Crippen molar-refractivity contribution in [1.82, 2.24) is 5.32 Å². The van der Waals surface area contributed by atoms with Crippen molar-refractivity contribution in [1.29, 1.82) is 0 Å². The van der Waals surface area contributed by atoms with E-state index in [1.165, 1.54) is 0 Å². The third kappa shape index (κ3) is 6.31. The second-order valence-electron chi connectivity index (χ2n) is 3.66. The van der Waals surface area contributed by atoms with Gasteiger partial charge in [0.25, 0.3) is 0 Å². The molecule has 76 valence electrons. The molecule has 0 fully saturated rings. The Balaban J connectivity index is 3.81. The van der Waals surface area contributed by atoms with E-state index in [0.717, 1.165) is 0 Å². The van der Waals surface area contributed by atoms with Crippen molar-refractivity contribution in [2.24, 2.45) is 5.73 Å². The first-order valence-corrected chi connectivity index (χ1v) is 4.23. The molecule has 0 aliphatic rings. The molecule has 13 heavy (non-hydrogen) atoms. The summed E-state index contributed by atoms with van der Waals surface area (Å²) in [4.78, 5) is 11.2.